The lowest BCUT2D eigenvalue weighted by atomic mass is 10.1. The first-order valence-corrected chi connectivity index (χ1v) is 10.7. The number of carbonyl (C=O) groups excluding carboxylic acids is 1. The summed E-state index contributed by atoms with van der Waals surface area (Å²) in [7, 11) is 0. The molecule has 2 heterocycles. The first-order valence-electron chi connectivity index (χ1n) is 8.96. The summed E-state index contributed by atoms with van der Waals surface area (Å²) in [5.41, 5.74) is 3.53. The highest BCUT2D eigenvalue weighted by Gasteiger charge is 2.22. The van der Waals surface area contributed by atoms with Gasteiger partial charge in [-0.1, -0.05) is 60.7 Å². The fourth-order valence-corrected chi connectivity index (χ4v) is 4.59. The van der Waals surface area contributed by atoms with Gasteiger partial charge < -0.3 is 5.32 Å². The lowest BCUT2D eigenvalue weighted by Gasteiger charge is -2.11. The lowest BCUT2D eigenvalue weighted by Crippen LogP contribution is -2.26. The van der Waals surface area contributed by atoms with Gasteiger partial charge in [0.05, 0.1) is 22.4 Å². The van der Waals surface area contributed by atoms with Gasteiger partial charge in [0.2, 0.25) is 0 Å². The molecule has 0 radical (unpaired) electrons. The second-order valence-electron chi connectivity index (χ2n) is 6.42. The summed E-state index contributed by atoms with van der Waals surface area (Å²) < 4.78 is 0. The smallest absolute Gasteiger partial charge is 0.264 e. The molecule has 4 aromatic rings. The Hall–Kier alpha value is -2.83. The van der Waals surface area contributed by atoms with E-state index in [4.69, 9.17) is 4.98 Å². The molecule has 28 heavy (non-hydrogen) atoms. The molecule has 0 fully saturated rings. The average Bonchev–Trinajstić information content (AvgIpc) is 3.36. The second-order valence-corrected chi connectivity index (χ2v) is 8.48. The van der Waals surface area contributed by atoms with Crippen molar-refractivity contribution in [3.8, 4) is 21.8 Å². The van der Waals surface area contributed by atoms with Gasteiger partial charge in [-0.25, -0.2) is 9.97 Å². The minimum Gasteiger partial charge on any atom is -0.343 e. The molecule has 140 valence electrons. The highest BCUT2D eigenvalue weighted by Crippen LogP contribution is 2.34. The number of hydrogen-bond acceptors (Lipinski definition) is 5. The molecule has 0 saturated carbocycles. The third-order valence-corrected chi connectivity index (χ3v) is 6.22. The third kappa shape index (κ3) is 3.88. The van der Waals surface area contributed by atoms with Crippen LogP contribution in [0.1, 0.15) is 33.3 Å². The number of nitrogens with one attached hydrogen (secondary N) is 1. The summed E-state index contributed by atoms with van der Waals surface area (Å²) in [6.07, 6.45) is 0. The summed E-state index contributed by atoms with van der Waals surface area (Å²) in [5, 5.41) is 6.89. The number of thiazole rings is 2. The minimum absolute atomic E-state index is 0.128. The zero-order valence-electron chi connectivity index (χ0n) is 15.5. The fraction of sp³-hybridized carbons (Fsp3) is 0.136. The molecule has 1 amide bonds. The number of aromatic nitrogens is 2. The van der Waals surface area contributed by atoms with Gasteiger partial charge in [0, 0.05) is 16.5 Å². The normalized spacial score (nSPS) is 11.9. The van der Waals surface area contributed by atoms with E-state index in [1.807, 2.05) is 79.9 Å². The van der Waals surface area contributed by atoms with Crippen LogP contribution in [0.4, 0.5) is 0 Å². The van der Waals surface area contributed by atoms with E-state index in [0.29, 0.717) is 10.6 Å². The van der Waals surface area contributed by atoms with E-state index in [1.54, 1.807) is 11.3 Å². The van der Waals surface area contributed by atoms with Crippen LogP contribution in [-0.2, 0) is 0 Å². The van der Waals surface area contributed by atoms with Gasteiger partial charge in [0.1, 0.15) is 9.88 Å². The van der Waals surface area contributed by atoms with E-state index < -0.39 is 0 Å². The minimum atomic E-state index is -0.164. The van der Waals surface area contributed by atoms with E-state index in [-0.39, 0.29) is 11.9 Å². The van der Waals surface area contributed by atoms with Crippen molar-refractivity contribution in [2.24, 2.45) is 0 Å². The third-order valence-electron chi connectivity index (χ3n) is 4.33. The van der Waals surface area contributed by atoms with Gasteiger partial charge in [-0.15, -0.1) is 22.7 Å². The molecule has 2 aromatic carbocycles. The highest BCUT2D eigenvalue weighted by atomic mass is 32.1. The average molecular weight is 406 g/mol. The molecular weight excluding hydrogens is 386 g/mol. The first-order chi connectivity index (χ1) is 13.6. The van der Waals surface area contributed by atoms with Crippen LogP contribution in [0, 0.1) is 6.92 Å². The Balaban J connectivity index is 1.70. The standard InChI is InChI=1S/C22H19N3OS2/c1-14(18-13-27-15(2)24-18)23-21(26)20-19(16-9-5-3-6-10-16)25-22(28-20)17-11-7-4-8-12-17/h3-14H,1-2H3,(H,23,26). The van der Waals surface area contributed by atoms with Crippen molar-refractivity contribution in [1.29, 1.82) is 0 Å². The molecule has 2 aromatic heterocycles. The van der Waals surface area contributed by atoms with E-state index in [2.05, 4.69) is 10.3 Å². The number of rotatable bonds is 5. The maximum atomic E-state index is 13.1. The number of nitrogens with zero attached hydrogens (tertiary/aromatic N) is 2. The van der Waals surface area contributed by atoms with E-state index in [9.17, 15) is 4.79 Å². The van der Waals surface area contributed by atoms with Crippen molar-refractivity contribution in [3.05, 3.63) is 81.6 Å². The van der Waals surface area contributed by atoms with Gasteiger partial charge in [-0.2, -0.15) is 0 Å². The number of carbonyl (C=O) groups is 1. The zero-order valence-corrected chi connectivity index (χ0v) is 17.2. The summed E-state index contributed by atoms with van der Waals surface area (Å²) in [4.78, 5) is 23.0. The highest BCUT2D eigenvalue weighted by molar-refractivity contribution is 7.17. The fourth-order valence-electron chi connectivity index (χ4n) is 2.89. The summed E-state index contributed by atoms with van der Waals surface area (Å²) in [5.74, 6) is -0.128. The number of benzene rings is 2. The van der Waals surface area contributed by atoms with Crippen LogP contribution in [0.3, 0.4) is 0 Å². The monoisotopic (exact) mass is 405 g/mol. The largest absolute Gasteiger partial charge is 0.343 e. The predicted octanol–water partition coefficient (Wildman–Crippen LogP) is 5.73. The number of hydrogen-bond donors (Lipinski definition) is 1. The second kappa shape index (κ2) is 8.04. The van der Waals surface area contributed by atoms with Gasteiger partial charge in [0.15, 0.2) is 0 Å². The zero-order chi connectivity index (χ0) is 19.5. The molecule has 0 bridgehead atoms. The quantitative estimate of drug-likeness (QED) is 0.461. The molecule has 4 rings (SSSR count). The van der Waals surface area contributed by atoms with Crippen LogP contribution >= 0.6 is 22.7 Å². The summed E-state index contributed by atoms with van der Waals surface area (Å²) >= 11 is 3.00. The van der Waals surface area contributed by atoms with Crippen molar-refractivity contribution >= 4 is 28.6 Å². The van der Waals surface area contributed by atoms with E-state index >= 15 is 0 Å². The molecule has 4 nitrogen and oxygen atoms in total. The molecular formula is C22H19N3OS2. The summed E-state index contributed by atoms with van der Waals surface area (Å²) in [6, 6.07) is 19.6. The van der Waals surface area contributed by atoms with Crippen molar-refractivity contribution in [1.82, 2.24) is 15.3 Å². The Kier molecular flexibility index (Phi) is 5.32. The maximum absolute atomic E-state index is 13.1. The molecule has 6 heteroatoms. The van der Waals surface area contributed by atoms with Gasteiger partial charge in [-0.3, -0.25) is 4.79 Å². The molecule has 0 spiro atoms. The molecule has 0 aliphatic carbocycles. The van der Waals surface area contributed by atoms with Gasteiger partial charge >= 0.3 is 0 Å². The molecule has 0 aliphatic heterocycles. The molecule has 1 unspecified atom stereocenters. The van der Waals surface area contributed by atoms with Crippen LogP contribution in [0.25, 0.3) is 21.8 Å². The van der Waals surface area contributed by atoms with E-state index in [0.717, 1.165) is 26.8 Å². The van der Waals surface area contributed by atoms with Crippen LogP contribution in [0.5, 0.6) is 0 Å². The van der Waals surface area contributed by atoms with E-state index in [1.165, 1.54) is 11.3 Å². The van der Waals surface area contributed by atoms with Crippen molar-refractivity contribution in [3.63, 3.8) is 0 Å². The molecule has 0 saturated heterocycles. The lowest BCUT2D eigenvalue weighted by molar-refractivity contribution is 0.0943. The Bertz CT molecular complexity index is 1090. The van der Waals surface area contributed by atoms with Crippen LogP contribution < -0.4 is 5.32 Å². The predicted molar refractivity (Wildman–Crippen MR) is 116 cm³/mol. The topological polar surface area (TPSA) is 54.9 Å². The van der Waals surface area contributed by atoms with Gasteiger partial charge in [0.25, 0.3) is 5.91 Å². The molecule has 1 N–H and O–H groups in total. The molecule has 0 aliphatic rings. The van der Waals surface area contributed by atoms with Crippen LogP contribution in [0.2, 0.25) is 0 Å². The van der Waals surface area contributed by atoms with Crippen molar-refractivity contribution < 1.29 is 4.79 Å². The molecule has 1 atom stereocenters. The Labute approximate surface area is 171 Å². The number of aryl methyl sites for hydroxylation is 1. The summed E-state index contributed by atoms with van der Waals surface area (Å²) in [6.45, 7) is 3.92. The Morgan fingerprint density at radius 2 is 1.61 bits per heavy atom. The SMILES string of the molecule is Cc1nc(C(C)NC(=O)c2sc(-c3ccccc3)nc2-c2ccccc2)cs1. The van der Waals surface area contributed by atoms with Gasteiger partial charge in [-0.05, 0) is 13.8 Å². The Morgan fingerprint density at radius 1 is 0.964 bits per heavy atom. The maximum Gasteiger partial charge on any atom is 0.264 e. The first kappa shape index (κ1) is 18.5. The van der Waals surface area contributed by atoms with Crippen molar-refractivity contribution in [2.75, 3.05) is 0 Å². The van der Waals surface area contributed by atoms with Crippen molar-refractivity contribution in [2.45, 2.75) is 19.9 Å². The Morgan fingerprint density at radius 3 is 2.21 bits per heavy atom. The number of amides is 1. The van der Waals surface area contributed by atoms with Crippen LogP contribution in [-0.4, -0.2) is 15.9 Å². The van der Waals surface area contributed by atoms with Crippen LogP contribution in [0.15, 0.2) is 66.0 Å².